The normalized spacial score (nSPS) is 10.4. The van der Waals surface area contributed by atoms with Gasteiger partial charge in [-0.3, -0.25) is 9.89 Å². The Kier molecular flexibility index (Phi) is 4.60. The number of carbonyl (C=O) groups excluding carboxylic acids is 1. The number of amides is 1. The van der Waals surface area contributed by atoms with E-state index in [1.807, 2.05) is 0 Å². The lowest BCUT2D eigenvalue weighted by molar-refractivity contribution is -0.121. The van der Waals surface area contributed by atoms with E-state index in [0.29, 0.717) is 25.8 Å². The van der Waals surface area contributed by atoms with E-state index in [4.69, 9.17) is 0 Å². The van der Waals surface area contributed by atoms with E-state index in [2.05, 4.69) is 20.5 Å². The Morgan fingerprint density at radius 2 is 2.05 bits per heavy atom. The van der Waals surface area contributed by atoms with Crippen LogP contribution in [0, 0.1) is 5.82 Å². The molecule has 0 unspecified atom stereocenters. The van der Waals surface area contributed by atoms with Crippen LogP contribution in [0.1, 0.15) is 17.8 Å². The van der Waals surface area contributed by atoms with Gasteiger partial charge in [-0.1, -0.05) is 12.1 Å². The second kappa shape index (κ2) is 6.63. The standard InChI is InChI=1S/C13H15FN4O/c14-11-4-1-10(2-5-11)3-6-13(19)15-8-7-12-16-9-17-18-12/h1-2,4-5,9H,3,6-8H2,(H,15,19)(H,16,17,18). The second-order valence-corrected chi connectivity index (χ2v) is 4.16. The van der Waals surface area contributed by atoms with Gasteiger partial charge in [0.25, 0.3) is 0 Å². The monoisotopic (exact) mass is 262 g/mol. The molecule has 2 N–H and O–H groups in total. The molecule has 0 atom stereocenters. The maximum Gasteiger partial charge on any atom is 0.220 e. The Bertz CT molecular complexity index is 510. The first-order valence-corrected chi connectivity index (χ1v) is 6.09. The molecule has 2 rings (SSSR count). The number of aromatic amines is 1. The van der Waals surface area contributed by atoms with E-state index in [1.54, 1.807) is 12.1 Å². The molecule has 0 fully saturated rings. The first kappa shape index (κ1) is 13.2. The van der Waals surface area contributed by atoms with Crippen molar-refractivity contribution in [2.24, 2.45) is 0 Å². The average Bonchev–Trinajstić information content (AvgIpc) is 2.91. The summed E-state index contributed by atoms with van der Waals surface area (Å²) in [6, 6.07) is 6.18. The first-order valence-electron chi connectivity index (χ1n) is 6.09. The highest BCUT2D eigenvalue weighted by Gasteiger charge is 2.03. The third kappa shape index (κ3) is 4.50. The molecule has 0 aliphatic carbocycles. The fourth-order valence-electron chi connectivity index (χ4n) is 1.67. The molecule has 0 radical (unpaired) electrons. The third-order valence-corrected chi connectivity index (χ3v) is 2.70. The summed E-state index contributed by atoms with van der Waals surface area (Å²) in [5.41, 5.74) is 0.951. The lowest BCUT2D eigenvalue weighted by Gasteiger charge is -2.04. The van der Waals surface area contributed by atoms with Crippen molar-refractivity contribution in [3.8, 4) is 0 Å². The van der Waals surface area contributed by atoms with Crippen LogP contribution in [0.3, 0.4) is 0 Å². The SMILES string of the molecule is O=C(CCc1ccc(F)cc1)NCCc1ncn[nH]1. The van der Waals surface area contributed by atoms with Crippen molar-refractivity contribution in [2.45, 2.75) is 19.3 Å². The van der Waals surface area contributed by atoms with Crippen LogP contribution in [0.2, 0.25) is 0 Å². The zero-order chi connectivity index (χ0) is 13.5. The molecular formula is C13H15FN4O. The molecule has 19 heavy (non-hydrogen) atoms. The number of hydrogen-bond donors (Lipinski definition) is 2. The first-order chi connectivity index (χ1) is 9.24. The minimum atomic E-state index is -0.264. The summed E-state index contributed by atoms with van der Waals surface area (Å²) < 4.78 is 12.7. The Morgan fingerprint density at radius 3 is 2.74 bits per heavy atom. The number of halogens is 1. The molecule has 1 amide bonds. The van der Waals surface area contributed by atoms with E-state index in [1.165, 1.54) is 18.5 Å². The molecule has 2 aromatic rings. The molecule has 0 spiro atoms. The molecule has 100 valence electrons. The van der Waals surface area contributed by atoms with Gasteiger partial charge in [0.2, 0.25) is 5.91 Å². The van der Waals surface area contributed by atoms with Gasteiger partial charge >= 0.3 is 0 Å². The molecular weight excluding hydrogens is 247 g/mol. The molecule has 0 saturated carbocycles. The molecule has 6 heteroatoms. The summed E-state index contributed by atoms with van der Waals surface area (Å²) in [6.07, 6.45) is 3.06. The van der Waals surface area contributed by atoms with Crippen LogP contribution in [-0.4, -0.2) is 27.6 Å². The molecule has 5 nitrogen and oxygen atoms in total. The van der Waals surface area contributed by atoms with E-state index in [-0.39, 0.29) is 11.7 Å². The van der Waals surface area contributed by atoms with Crippen molar-refractivity contribution in [1.29, 1.82) is 0 Å². The highest BCUT2D eigenvalue weighted by Crippen LogP contribution is 2.05. The van der Waals surface area contributed by atoms with Crippen LogP contribution in [-0.2, 0) is 17.6 Å². The van der Waals surface area contributed by atoms with E-state index in [0.717, 1.165) is 11.4 Å². The molecule has 1 aromatic heterocycles. The highest BCUT2D eigenvalue weighted by atomic mass is 19.1. The Labute approximate surface area is 110 Å². The van der Waals surface area contributed by atoms with Crippen molar-refractivity contribution in [2.75, 3.05) is 6.54 Å². The Hall–Kier alpha value is -2.24. The van der Waals surface area contributed by atoms with Gasteiger partial charge in [-0.25, -0.2) is 9.37 Å². The van der Waals surface area contributed by atoms with Crippen LogP contribution in [0.25, 0.3) is 0 Å². The lowest BCUT2D eigenvalue weighted by Crippen LogP contribution is -2.26. The van der Waals surface area contributed by atoms with Crippen molar-refractivity contribution in [3.05, 3.63) is 47.8 Å². The smallest absolute Gasteiger partial charge is 0.220 e. The van der Waals surface area contributed by atoms with Crippen LogP contribution in [0.15, 0.2) is 30.6 Å². The molecule has 0 bridgehead atoms. The van der Waals surface area contributed by atoms with E-state index in [9.17, 15) is 9.18 Å². The van der Waals surface area contributed by atoms with E-state index >= 15 is 0 Å². The van der Waals surface area contributed by atoms with Gasteiger partial charge in [-0.2, -0.15) is 5.10 Å². The fraction of sp³-hybridized carbons (Fsp3) is 0.308. The minimum Gasteiger partial charge on any atom is -0.356 e. The van der Waals surface area contributed by atoms with Gasteiger partial charge in [-0.05, 0) is 24.1 Å². The summed E-state index contributed by atoms with van der Waals surface area (Å²) >= 11 is 0. The predicted molar refractivity (Wildman–Crippen MR) is 67.8 cm³/mol. The number of H-pyrrole nitrogens is 1. The highest BCUT2D eigenvalue weighted by molar-refractivity contribution is 5.76. The number of rotatable bonds is 6. The molecule has 0 aliphatic heterocycles. The zero-order valence-corrected chi connectivity index (χ0v) is 10.4. The van der Waals surface area contributed by atoms with Crippen molar-refractivity contribution in [1.82, 2.24) is 20.5 Å². The predicted octanol–water partition coefficient (Wildman–Crippen LogP) is 1.24. The van der Waals surface area contributed by atoms with Gasteiger partial charge in [0.05, 0.1) is 0 Å². The van der Waals surface area contributed by atoms with Gasteiger partial charge in [0.1, 0.15) is 18.0 Å². The minimum absolute atomic E-state index is 0.0242. The largest absolute Gasteiger partial charge is 0.356 e. The average molecular weight is 262 g/mol. The van der Waals surface area contributed by atoms with Crippen LogP contribution in [0.5, 0.6) is 0 Å². The topological polar surface area (TPSA) is 70.7 Å². The Morgan fingerprint density at radius 1 is 1.26 bits per heavy atom. The molecule has 1 aromatic carbocycles. The summed E-state index contributed by atoms with van der Waals surface area (Å²) in [7, 11) is 0. The van der Waals surface area contributed by atoms with E-state index < -0.39 is 0 Å². The summed E-state index contributed by atoms with van der Waals surface area (Å²) in [5.74, 6) is 0.461. The summed E-state index contributed by atoms with van der Waals surface area (Å²) in [6.45, 7) is 0.525. The fourth-order valence-corrected chi connectivity index (χ4v) is 1.67. The molecule has 0 saturated heterocycles. The number of nitrogens with zero attached hydrogens (tertiary/aromatic N) is 2. The van der Waals surface area contributed by atoms with Crippen LogP contribution >= 0.6 is 0 Å². The third-order valence-electron chi connectivity index (χ3n) is 2.70. The van der Waals surface area contributed by atoms with Gasteiger partial charge in [0, 0.05) is 19.4 Å². The second-order valence-electron chi connectivity index (χ2n) is 4.16. The summed E-state index contributed by atoms with van der Waals surface area (Å²) in [4.78, 5) is 15.5. The molecule has 1 heterocycles. The van der Waals surface area contributed by atoms with Gasteiger partial charge in [-0.15, -0.1) is 0 Å². The maximum atomic E-state index is 12.7. The van der Waals surface area contributed by atoms with Crippen molar-refractivity contribution < 1.29 is 9.18 Å². The van der Waals surface area contributed by atoms with Gasteiger partial charge in [0.15, 0.2) is 0 Å². The van der Waals surface area contributed by atoms with Gasteiger partial charge < -0.3 is 5.32 Å². The van der Waals surface area contributed by atoms with Crippen LogP contribution < -0.4 is 5.32 Å². The number of aryl methyl sites for hydroxylation is 1. The van der Waals surface area contributed by atoms with Crippen molar-refractivity contribution in [3.63, 3.8) is 0 Å². The summed E-state index contributed by atoms with van der Waals surface area (Å²) in [5, 5.41) is 9.25. The number of benzene rings is 1. The van der Waals surface area contributed by atoms with Crippen LogP contribution in [0.4, 0.5) is 4.39 Å². The zero-order valence-electron chi connectivity index (χ0n) is 10.4. The quantitative estimate of drug-likeness (QED) is 0.822. The molecule has 0 aliphatic rings. The number of carbonyl (C=O) groups is 1. The maximum absolute atomic E-state index is 12.7. The Balaban J connectivity index is 1.65. The lowest BCUT2D eigenvalue weighted by atomic mass is 10.1. The number of nitrogens with one attached hydrogen (secondary N) is 2. The van der Waals surface area contributed by atoms with Crippen molar-refractivity contribution >= 4 is 5.91 Å². The number of hydrogen-bond acceptors (Lipinski definition) is 3. The number of aromatic nitrogens is 3.